The molecule has 0 saturated heterocycles. The van der Waals surface area contributed by atoms with Crippen LogP contribution in [0.2, 0.25) is 0 Å². The number of nitrogens with zero attached hydrogens (tertiary/aromatic N) is 3. The third-order valence-corrected chi connectivity index (χ3v) is 4.49. The van der Waals surface area contributed by atoms with Gasteiger partial charge in [-0.05, 0) is 30.2 Å². The van der Waals surface area contributed by atoms with Crippen molar-refractivity contribution in [2.75, 3.05) is 11.4 Å². The summed E-state index contributed by atoms with van der Waals surface area (Å²) in [6.45, 7) is 1.05. The molecule has 0 saturated carbocycles. The number of para-hydroxylation sites is 2. The topological polar surface area (TPSA) is 55.2 Å². The Morgan fingerprint density at radius 2 is 1.88 bits per heavy atom. The van der Waals surface area contributed by atoms with Crippen molar-refractivity contribution in [2.24, 2.45) is 0 Å². The Morgan fingerprint density at radius 1 is 1.08 bits per heavy atom. The average molecular weight is 319 g/mol. The highest BCUT2D eigenvalue weighted by Gasteiger charge is 2.23. The first-order valence-corrected chi connectivity index (χ1v) is 8.06. The minimum Gasteiger partial charge on any atom is -0.312 e. The first kappa shape index (κ1) is 14.6. The van der Waals surface area contributed by atoms with Crippen molar-refractivity contribution >= 4 is 22.5 Å². The lowest BCUT2D eigenvalue weighted by molar-refractivity contribution is -0.118. The van der Waals surface area contributed by atoms with Gasteiger partial charge in [-0.25, -0.2) is 4.98 Å². The molecule has 2 aromatic carbocycles. The second-order valence-electron chi connectivity index (χ2n) is 5.93. The molecule has 0 atom stereocenters. The number of hydrogen-bond donors (Lipinski definition) is 0. The van der Waals surface area contributed by atoms with E-state index in [0.717, 1.165) is 12.1 Å². The van der Waals surface area contributed by atoms with Crippen LogP contribution in [0.4, 0.5) is 5.69 Å². The highest BCUT2D eigenvalue weighted by molar-refractivity contribution is 5.95. The molecule has 4 rings (SSSR count). The first-order chi connectivity index (χ1) is 11.7. The van der Waals surface area contributed by atoms with Gasteiger partial charge in [0, 0.05) is 25.2 Å². The van der Waals surface area contributed by atoms with Crippen LogP contribution in [0.3, 0.4) is 0 Å². The number of fused-ring (bicyclic) bond motifs is 2. The monoisotopic (exact) mass is 319 g/mol. The van der Waals surface area contributed by atoms with Crippen LogP contribution in [0, 0.1) is 0 Å². The third-order valence-electron chi connectivity index (χ3n) is 4.49. The molecule has 0 fully saturated rings. The molecule has 2 heterocycles. The zero-order valence-electron chi connectivity index (χ0n) is 13.2. The van der Waals surface area contributed by atoms with Crippen molar-refractivity contribution in [3.05, 3.63) is 70.8 Å². The van der Waals surface area contributed by atoms with Gasteiger partial charge in [-0.15, -0.1) is 0 Å². The van der Waals surface area contributed by atoms with Crippen LogP contribution >= 0.6 is 0 Å². The number of rotatable bonds is 3. The summed E-state index contributed by atoms with van der Waals surface area (Å²) in [5.74, 6) is 0.0417. The minimum absolute atomic E-state index is 0.0417. The smallest absolute Gasteiger partial charge is 0.261 e. The van der Waals surface area contributed by atoms with Gasteiger partial charge in [0.15, 0.2) is 0 Å². The van der Waals surface area contributed by atoms with Crippen LogP contribution in [-0.4, -0.2) is 22.0 Å². The highest BCUT2D eigenvalue weighted by atomic mass is 16.2. The van der Waals surface area contributed by atoms with Crippen molar-refractivity contribution in [3.8, 4) is 0 Å². The Balaban J connectivity index is 1.53. The number of amides is 1. The molecule has 24 heavy (non-hydrogen) atoms. The fraction of sp³-hybridized carbons (Fsp3) is 0.211. The summed E-state index contributed by atoms with van der Waals surface area (Å²) in [6, 6.07) is 15.2. The number of anilines is 1. The van der Waals surface area contributed by atoms with E-state index in [1.807, 2.05) is 41.3 Å². The van der Waals surface area contributed by atoms with Gasteiger partial charge in [-0.1, -0.05) is 30.3 Å². The fourth-order valence-corrected chi connectivity index (χ4v) is 3.21. The maximum absolute atomic E-state index is 12.5. The molecular formula is C19H17N3O2. The lowest BCUT2D eigenvalue weighted by atomic mass is 10.2. The van der Waals surface area contributed by atoms with E-state index in [4.69, 9.17) is 0 Å². The summed E-state index contributed by atoms with van der Waals surface area (Å²) in [4.78, 5) is 31.1. The number of carbonyl (C=O) groups is 1. The number of aromatic nitrogens is 2. The number of hydrogen-bond acceptors (Lipinski definition) is 3. The summed E-state index contributed by atoms with van der Waals surface area (Å²) >= 11 is 0. The summed E-state index contributed by atoms with van der Waals surface area (Å²) in [5, 5.41) is 0.582. The van der Waals surface area contributed by atoms with Gasteiger partial charge < -0.3 is 4.90 Å². The molecule has 5 nitrogen and oxygen atoms in total. The molecule has 0 radical (unpaired) electrons. The standard InChI is InChI=1S/C19H17N3O2/c23-18(22-12-9-14-5-1-4-8-17(14)22)10-11-21-13-20-16-7-3-2-6-15(16)19(21)24/h1-8,13H,9-12H2. The summed E-state index contributed by atoms with van der Waals surface area (Å²) in [5.41, 5.74) is 2.77. The van der Waals surface area contributed by atoms with Crippen LogP contribution < -0.4 is 10.5 Å². The van der Waals surface area contributed by atoms with Gasteiger partial charge in [0.2, 0.25) is 5.91 Å². The summed E-state index contributed by atoms with van der Waals surface area (Å²) in [7, 11) is 0. The summed E-state index contributed by atoms with van der Waals surface area (Å²) < 4.78 is 1.52. The first-order valence-electron chi connectivity index (χ1n) is 8.06. The van der Waals surface area contributed by atoms with Crippen LogP contribution in [0.25, 0.3) is 10.9 Å². The number of aryl methyl sites for hydroxylation is 1. The van der Waals surface area contributed by atoms with Crippen molar-refractivity contribution in [2.45, 2.75) is 19.4 Å². The molecule has 1 aromatic heterocycles. The van der Waals surface area contributed by atoms with E-state index in [9.17, 15) is 9.59 Å². The van der Waals surface area contributed by atoms with Crippen molar-refractivity contribution < 1.29 is 4.79 Å². The molecule has 3 aromatic rings. The molecule has 0 spiro atoms. The van der Waals surface area contributed by atoms with Crippen molar-refractivity contribution in [3.63, 3.8) is 0 Å². The minimum atomic E-state index is -0.102. The van der Waals surface area contributed by atoms with Crippen molar-refractivity contribution in [1.82, 2.24) is 9.55 Å². The van der Waals surface area contributed by atoms with Crippen LogP contribution in [0.1, 0.15) is 12.0 Å². The Bertz CT molecular complexity index is 978. The highest BCUT2D eigenvalue weighted by Crippen LogP contribution is 2.27. The van der Waals surface area contributed by atoms with Gasteiger partial charge in [0.1, 0.15) is 0 Å². The predicted molar refractivity (Wildman–Crippen MR) is 93.1 cm³/mol. The molecular weight excluding hydrogens is 302 g/mol. The zero-order valence-corrected chi connectivity index (χ0v) is 13.2. The predicted octanol–water partition coefficient (Wildman–Crippen LogP) is 2.38. The summed E-state index contributed by atoms with van der Waals surface area (Å²) in [6.07, 6.45) is 2.70. The van der Waals surface area contributed by atoms with E-state index in [2.05, 4.69) is 11.1 Å². The Hall–Kier alpha value is -2.95. The lowest BCUT2D eigenvalue weighted by Gasteiger charge is -2.17. The normalized spacial score (nSPS) is 13.2. The molecule has 1 amide bonds. The van der Waals surface area contributed by atoms with E-state index in [-0.39, 0.29) is 17.9 Å². The van der Waals surface area contributed by atoms with E-state index in [1.54, 1.807) is 6.07 Å². The van der Waals surface area contributed by atoms with Crippen LogP contribution in [0.15, 0.2) is 59.7 Å². The molecule has 0 bridgehead atoms. The SMILES string of the molecule is O=C(CCn1cnc2ccccc2c1=O)N1CCc2ccccc21. The maximum Gasteiger partial charge on any atom is 0.261 e. The van der Waals surface area contributed by atoms with Gasteiger partial charge in [0.05, 0.1) is 17.2 Å². The molecule has 120 valence electrons. The number of carbonyl (C=O) groups excluding carboxylic acids is 1. The Kier molecular flexibility index (Phi) is 3.61. The van der Waals surface area contributed by atoms with Gasteiger partial charge in [0.25, 0.3) is 5.56 Å². The quantitative estimate of drug-likeness (QED) is 0.745. The van der Waals surface area contributed by atoms with E-state index >= 15 is 0 Å². The largest absolute Gasteiger partial charge is 0.312 e. The third kappa shape index (κ3) is 2.48. The lowest BCUT2D eigenvalue weighted by Crippen LogP contribution is -2.31. The van der Waals surface area contributed by atoms with E-state index in [1.165, 1.54) is 16.5 Å². The van der Waals surface area contributed by atoms with Crippen LogP contribution in [-0.2, 0) is 17.8 Å². The zero-order chi connectivity index (χ0) is 16.5. The molecule has 0 N–H and O–H groups in total. The fourth-order valence-electron chi connectivity index (χ4n) is 3.21. The van der Waals surface area contributed by atoms with Gasteiger partial charge >= 0.3 is 0 Å². The maximum atomic E-state index is 12.5. The Labute approximate surface area is 139 Å². The molecule has 0 aliphatic carbocycles. The van der Waals surface area contributed by atoms with Gasteiger partial charge in [-0.2, -0.15) is 0 Å². The van der Waals surface area contributed by atoms with Gasteiger partial charge in [-0.3, -0.25) is 14.2 Å². The second kappa shape index (κ2) is 5.92. The molecule has 5 heteroatoms. The van der Waals surface area contributed by atoms with E-state index < -0.39 is 0 Å². The van der Waals surface area contributed by atoms with E-state index in [0.29, 0.717) is 24.0 Å². The van der Waals surface area contributed by atoms with Crippen LogP contribution in [0.5, 0.6) is 0 Å². The second-order valence-corrected chi connectivity index (χ2v) is 5.93. The number of benzene rings is 2. The Morgan fingerprint density at radius 3 is 2.79 bits per heavy atom. The average Bonchev–Trinajstić information content (AvgIpc) is 3.05. The molecule has 1 aliphatic rings. The molecule has 0 unspecified atom stereocenters. The van der Waals surface area contributed by atoms with Crippen molar-refractivity contribution in [1.29, 1.82) is 0 Å². The molecule has 1 aliphatic heterocycles.